The summed E-state index contributed by atoms with van der Waals surface area (Å²) in [5.41, 5.74) is 1.21. The summed E-state index contributed by atoms with van der Waals surface area (Å²) in [5.74, 6) is 0. The van der Waals surface area contributed by atoms with Gasteiger partial charge in [-0.1, -0.05) is 30.3 Å². The van der Waals surface area contributed by atoms with E-state index in [0.717, 1.165) is 20.9 Å². The van der Waals surface area contributed by atoms with E-state index >= 15 is 0 Å². The van der Waals surface area contributed by atoms with E-state index in [-0.39, 0.29) is 0 Å². The number of hydrogen-bond donors (Lipinski definition) is 0. The molecule has 2 aromatic rings. The fraction of sp³-hybridized carbons (Fsp3) is 0.312. The first-order valence-corrected chi connectivity index (χ1v) is 6.60. The second-order valence-electron chi connectivity index (χ2n) is 5.80. The van der Waals surface area contributed by atoms with Crippen molar-refractivity contribution in [1.29, 1.82) is 0 Å². The molecule has 1 aromatic heterocycles. The molecule has 20 heavy (non-hydrogen) atoms. The average molecular weight is 271 g/mol. The van der Waals surface area contributed by atoms with Gasteiger partial charge in [-0.15, -0.1) is 10.3 Å². The van der Waals surface area contributed by atoms with Gasteiger partial charge in [-0.05, 0) is 31.9 Å². The largest absolute Gasteiger partial charge is 0.619 e. The molecule has 1 radical (unpaired) electrons. The Kier molecular flexibility index (Phi) is 4.06. The van der Waals surface area contributed by atoms with Gasteiger partial charge >= 0.3 is 0 Å². The summed E-state index contributed by atoms with van der Waals surface area (Å²) in [4.78, 5) is 0. The lowest BCUT2D eigenvalue weighted by Crippen LogP contribution is -2.41. The van der Waals surface area contributed by atoms with Gasteiger partial charge in [-0.3, -0.25) is 0 Å². The lowest BCUT2D eigenvalue weighted by molar-refractivity contribution is -0.605. The molecular formula is C16H19N2O2. The first kappa shape index (κ1) is 14.5. The third kappa shape index (κ3) is 3.15. The molecule has 2 rings (SSSR count). The van der Waals surface area contributed by atoms with Crippen molar-refractivity contribution < 1.29 is 9.94 Å². The maximum Gasteiger partial charge on any atom is 0.180 e. The summed E-state index contributed by atoms with van der Waals surface area (Å²) in [6, 6.07) is 12.6. The number of rotatable bonds is 3. The summed E-state index contributed by atoms with van der Waals surface area (Å²) in [6.45, 7) is 5.64. The molecule has 1 heterocycles. The van der Waals surface area contributed by atoms with E-state index in [9.17, 15) is 10.4 Å². The van der Waals surface area contributed by atoms with Crippen molar-refractivity contribution in [1.82, 2.24) is 5.06 Å². The van der Waals surface area contributed by atoms with E-state index in [1.54, 1.807) is 12.1 Å². The highest BCUT2D eigenvalue weighted by Gasteiger charge is 2.31. The molecule has 0 bridgehead atoms. The Bertz CT molecular complexity index is 547. The van der Waals surface area contributed by atoms with Gasteiger partial charge in [0.05, 0.1) is 6.04 Å². The lowest BCUT2D eigenvalue weighted by atomic mass is 9.95. The summed E-state index contributed by atoms with van der Waals surface area (Å²) in [7, 11) is 0. The Morgan fingerprint density at radius 1 is 1.00 bits per heavy atom. The maximum absolute atomic E-state index is 12.7. The van der Waals surface area contributed by atoms with Gasteiger partial charge in [0.25, 0.3) is 0 Å². The topological polar surface area (TPSA) is 50.1 Å². The van der Waals surface area contributed by atoms with Crippen LogP contribution in [0.15, 0.2) is 54.9 Å². The van der Waals surface area contributed by atoms with Gasteiger partial charge in [0.15, 0.2) is 12.4 Å². The van der Waals surface area contributed by atoms with Crippen molar-refractivity contribution >= 4 is 0 Å². The Hall–Kier alpha value is -1.91. The predicted octanol–water partition coefficient (Wildman–Crippen LogP) is 2.86. The molecule has 0 amide bonds. The lowest BCUT2D eigenvalue weighted by Gasteiger charge is -2.34. The third-order valence-electron chi connectivity index (χ3n) is 3.15. The molecule has 1 aromatic carbocycles. The second kappa shape index (κ2) is 5.61. The van der Waals surface area contributed by atoms with Crippen LogP contribution in [0.3, 0.4) is 0 Å². The van der Waals surface area contributed by atoms with Gasteiger partial charge in [0, 0.05) is 17.7 Å². The minimum absolute atomic E-state index is 0.419. The molecule has 1 unspecified atom stereocenters. The zero-order chi connectivity index (χ0) is 14.8. The fourth-order valence-electron chi connectivity index (χ4n) is 2.09. The third-order valence-corrected chi connectivity index (χ3v) is 3.15. The molecule has 0 spiro atoms. The van der Waals surface area contributed by atoms with E-state index < -0.39 is 11.6 Å². The van der Waals surface area contributed by atoms with E-state index in [1.807, 2.05) is 51.1 Å². The highest BCUT2D eigenvalue weighted by molar-refractivity contribution is 5.30. The van der Waals surface area contributed by atoms with E-state index in [4.69, 9.17) is 0 Å². The van der Waals surface area contributed by atoms with Gasteiger partial charge < -0.3 is 5.21 Å². The molecule has 0 saturated heterocycles. The minimum atomic E-state index is -0.524. The molecule has 105 valence electrons. The SMILES string of the molecule is CC(C)(C)N([O])C(c1ccccc1)c1cc[n+]([O-])cc1. The molecule has 1 atom stereocenters. The summed E-state index contributed by atoms with van der Waals surface area (Å²) >= 11 is 0. The van der Waals surface area contributed by atoms with Crippen LogP contribution in [0.1, 0.15) is 37.9 Å². The van der Waals surface area contributed by atoms with Crippen LogP contribution in [0.4, 0.5) is 0 Å². The highest BCUT2D eigenvalue weighted by Crippen LogP contribution is 2.32. The number of benzene rings is 1. The molecule has 0 aliphatic rings. The van der Waals surface area contributed by atoms with Gasteiger partial charge in [-0.25, -0.2) is 0 Å². The van der Waals surface area contributed by atoms with Gasteiger partial charge in [0.2, 0.25) is 0 Å². The van der Waals surface area contributed by atoms with Crippen molar-refractivity contribution in [2.45, 2.75) is 32.4 Å². The smallest absolute Gasteiger partial charge is 0.180 e. The Morgan fingerprint density at radius 2 is 1.50 bits per heavy atom. The normalized spacial score (nSPS) is 13.4. The number of nitrogens with zero attached hydrogens (tertiary/aromatic N) is 2. The van der Waals surface area contributed by atoms with Gasteiger partial charge in [-0.2, -0.15) is 4.73 Å². The Morgan fingerprint density at radius 3 is 2.00 bits per heavy atom. The molecule has 0 aliphatic heterocycles. The fourth-order valence-corrected chi connectivity index (χ4v) is 2.09. The van der Waals surface area contributed by atoms with Crippen LogP contribution in [-0.4, -0.2) is 10.6 Å². The molecule has 0 aliphatic carbocycles. The van der Waals surface area contributed by atoms with E-state index in [1.165, 1.54) is 12.4 Å². The zero-order valence-electron chi connectivity index (χ0n) is 12.0. The molecular weight excluding hydrogens is 252 g/mol. The van der Waals surface area contributed by atoms with Crippen LogP contribution in [-0.2, 0) is 5.21 Å². The first-order chi connectivity index (χ1) is 9.39. The van der Waals surface area contributed by atoms with Crippen molar-refractivity contribution in [2.75, 3.05) is 0 Å². The molecule has 4 heteroatoms. The van der Waals surface area contributed by atoms with Crippen molar-refractivity contribution in [2.24, 2.45) is 0 Å². The van der Waals surface area contributed by atoms with Crippen LogP contribution < -0.4 is 4.73 Å². The van der Waals surface area contributed by atoms with Crippen LogP contribution in [0, 0.1) is 5.21 Å². The number of hydrogen-bond acceptors (Lipinski definition) is 2. The second-order valence-corrected chi connectivity index (χ2v) is 5.80. The van der Waals surface area contributed by atoms with E-state index in [2.05, 4.69) is 0 Å². The quantitative estimate of drug-likeness (QED) is 0.489. The number of pyridine rings is 1. The van der Waals surface area contributed by atoms with Crippen molar-refractivity contribution in [3.8, 4) is 0 Å². The molecule has 0 N–H and O–H groups in total. The summed E-state index contributed by atoms with van der Waals surface area (Å²) in [5, 5.41) is 24.9. The van der Waals surface area contributed by atoms with E-state index in [0.29, 0.717) is 0 Å². The van der Waals surface area contributed by atoms with Crippen LogP contribution in [0.25, 0.3) is 0 Å². The van der Waals surface area contributed by atoms with Crippen molar-refractivity contribution in [3.05, 3.63) is 71.2 Å². The average Bonchev–Trinajstić information content (AvgIpc) is 2.41. The molecule has 0 saturated carbocycles. The van der Waals surface area contributed by atoms with Gasteiger partial charge in [0.1, 0.15) is 0 Å². The summed E-state index contributed by atoms with van der Waals surface area (Å²) in [6.07, 6.45) is 2.84. The molecule has 4 nitrogen and oxygen atoms in total. The summed E-state index contributed by atoms with van der Waals surface area (Å²) < 4.78 is 0.720. The Labute approximate surface area is 119 Å². The van der Waals surface area contributed by atoms with Crippen molar-refractivity contribution in [3.63, 3.8) is 0 Å². The van der Waals surface area contributed by atoms with Crippen LogP contribution in [0.5, 0.6) is 0 Å². The monoisotopic (exact) mass is 271 g/mol. The minimum Gasteiger partial charge on any atom is -0.619 e. The highest BCUT2D eigenvalue weighted by atomic mass is 16.5. The standard InChI is InChI=1S/C16H19N2O2/c1-16(2,3)18(20)15(13-7-5-4-6-8-13)14-9-11-17(19)12-10-14/h4-12,15H,1-3H3. The maximum atomic E-state index is 12.7. The Balaban J connectivity index is 2.47. The van der Waals surface area contributed by atoms with Crippen LogP contribution in [0.2, 0.25) is 0 Å². The predicted molar refractivity (Wildman–Crippen MR) is 76.0 cm³/mol. The number of aromatic nitrogens is 1. The number of hydroxylamine groups is 2. The molecule has 0 fully saturated rings. The zero-order valence-corrected chi connectivity index (χ0v) is 12.0. The first-order valence-electron chi connectivity index (χ1n) is 6.60. The van der Waals surface area contributed by atoms with Crippen LogP contribution >= 0.6 is 0 Å².